The van der Waals surface area contributed by atoms with Crippen LogP contribution in [0, 0.1) is 0 Å². The van der Waals surface area contributed by atoms with Gasteiger partial charge in [-0.1, -0.05) is 99.3 Å². The number of nitrogens with one attached hydrogen (secondary N) is 2. The Morgan fingerprint density at radius 3 is 2.46 bits per heavy atom. The molecule has 50 heavy (non-hydrogen) atoms. The second-order valence-corrected chi connectivity index (χ2v) is 13.8. The van der Waals surface area contributed by atoms with Gasteiger partial charge >= 0.3 is 6.03 Å². The van der Waals surface area contributed by atoms with E-state index in [1.54, 1.807) is 22.6 Å². The number of pyridine rings is 2. The highest BCUT2D eigenvalue weighted by atomic mass is 32.2. The lowest BCUT2D eigenvalue weighted by atomic mass is 9.92. The normalized spacial score (nSPS) is 11.4. The molecule has 3 aromatic carbocycles. The van der Waals surface area contributed by atoms with E-state index in [4.69, 9.17) is 9.84 Å². The molecule has 0 bridgehead atoms. The van der Waals surface area contributed by atoms with Crippen LogP contribution in [0.2, 0.25) is 0 Å². The van der Waals surface area contributed by atoms with Crippen LogP contribution in [0.4, 0.5) is 10.6 Å². The summed E-state index contributed by atoms with van der Waals surface area (Å²) in [4.78, 5) is 19.7. The first kappa shape index (κ1) is 32.6. The van der Waals surface area contributed by atoms with Crippen LogP contribution in [-0.2, 0) is 18.6 Å². The largest absolute Gasteiger partial charge is 0.488 e. The zero-order valence-corrected chi connectivity index (χ0v) is 28.8. The number of fused-ring (bicyclic) bond motifs is 1. The molecule has 2 N–H and O–H groups in total. The van der Waals surface area contributed by atoms with Crippen LogP contribution >= 0.6 is 11.8 Å². The lowest BCUT2D eigenvalue weighted by Crippen LogP contribution is -2.29. The van der Waals surface area contributed by atoms with Gasteiger partial charge in [-0.25, -0.2) is 9.78 Å². The summed E-state index contributed by atoms with van der Waals surface area (Å²) in [5.41, 5.74) is 4.28. The maximum absolute atomic E-state index is 13.2. The highest BCUT2D eigenvalue weighted by Gasteiger charge is 2.22. The number of para-hydroxylation sites is 1. The van der Waals surface area contributed by atoms with Gasteiger partial charge in [-0.3, -0.25) is 9.72 Å². The maximum atomic E-state index is 13.2. The van der Waals surface area contributed by atoms with Crippen LogP contribution in [0.5, 0.6) is 5.75 Å². The van der Waals surface area contributed by atoms with E-state index in [0.29, 0.717) is 30.6 Å². The molecular formula is C39H36N8O2S. The first-order valence-corrected chi connectivity index (χ1v) is 17.1. The van der Waals surface area contributed by atoms with Crippen molar-refractivity contribution in [3.8, 4) is 23.0 Å². The number of ether oxygens (including phenoxy) is 1. The number of rotatable bonds is 10. The molecule has 11 heteroatoms. The fraction of sp³-hybridized carbons (Fsp3) is 0.154. The molecule has 0 saturated carbocycles. The number of amides is 2. The highest BCUT2D eigenvalue weighted by Crippen LogP contribution is 2.34. The van der Waals surface area contributed by atoms with E-state index in [0.717, 1.165) is 43.6 Å². The van der Waals surface area contributed by atoms with Crippen molar-refractivity contribution in [2.75, 3.05) is 5.32 Å². The average Bonchev–Trinajstić information content (AvgIpc) is 3.76. The number of carbonyl (C=O) groups excluding carboxylic acids is 1. The predicted molar refractivity (Wildman–Crippen MR) is 196 cm³/mol. The number of hydrogen-bond donors (Lipinski definition) is 2. The Labute approximate surface area is 294 Å². The molecule has 0 aliphatic carbocycles. The summed E-state index contributed by atoms with van der Waals surface area (Å²) < 4.78 is 9.88. The zero-order valence-electron chi connectivity index (χ0n) is 27.9. The second kappa shape index (κ2) is 14.3. The van der Waals surface area contributed by atoms with Crippen molar-refractivity contribution in [1.29, 1.82) is 0 Å². The molecule has 0 saturated heterocycles. The van der Waals surface area contributed by atoms with E-state index in [1.165, 1.54) is 0 Å². The van der Waals surface area contributed by atoms with Crippen molar-refractivity contribution in [3.05, 3.63) is 144 Å². The molecule has 2 amide bonds. The molecule has 7 aromatic rings. The minimum Gasteiger partial charge on any atom is -0.488 e. The van der Waals surface area contributed by atoms with Crippen molar-refractivity contribution in [1.82, 2.24) is 34.7 Å². The smallest absolute Gasteiger partial charge is 0.320 e. The first-order valence-electron chi connectivity index (χ1n) is 16.3. The Kier molecular flexibility index (Phi) is 9.30. The van der Waals surface area contributed by atoms with Crippen molar-refractivity contribution in [2.45, 2.75) is 49.1 Å². The van der Waals surface area contributed by atoms with Crippen molar-refractivity contribution >= 4 is 29.3 Å². The van der Waals surface area contributed by atoms with Gasteiger partial charge in [0, 0.05) is 40.2 Å². The van der Waals surface area contributed by atoms with E-state index < -0.39 is 0 Å². The molecule has 250 valence electrons. The van der Waals surface area contributed by atoms with Gasteiger partial charge in [-0.2, -0.15) is 9.78 Å². The minimum atomic E-state index is -0.342. The third kappa shape index (κ3) is 7.37. The molecule has 0 aliphatic rings. The molecule has 0 aliphatic heterocycles. The Balaban J connectivity index is 1.07. The molecule has 0 spiro atoms. The highest BCUT2D eigenvalue weighted by molar-refractivity contribution is 7.99. The summed E-state index contributed by atoms with van der Waals surface area (Å²) in [6, 6.07) is 37.1. The van der Waals surface area contributed by atoms with E-state index in [-0.39, 0.29) is 11.4 Å². The maximum Gasteiger partial charge on any atom is 0.320 e. The van der Waals surface area contributed by atoms with Crippen molar-refractivity contribution < 1.29 is 9.53 Å². The van der Waals surface area contributed by atoms with Gasteiger partial charge in [-0.05, 0) is 53.6 Å². The van der Waals surface area contributed by atoms with E-state index in [2.05, 4.69) is 52.7 Å². The summed E-state index contributed by atoms with van der Waals surface area (Å²) in [6.07, 6.45) is 3.74. The lowest BCUT2D eigenvalue weighted by Gasteiger charge is -2.13. The summed E-state index contributed by atoms with van der Waals surface area (Å²) in [5, 5.41) is 19.7. The monoisotopic (exact) mass is 680 g/mol. The van der Waals surface area contributed by atoms with E-state index in [9.17, 15) is 4.79 Å². The topological polar surface area (TPSA) is 111 Å². The summed E-state index contributed by atoms with van der Waals surface area (Å²) in [5.74, 6) is 2.59. The Hall–Kier alpha value is -5.94. The summed E-state index contributed by atoms with van der Waals surface area (Å²) in [7, 11) is 0. The Bertz CT molecular complexity index is 2240. The number of urea groups is 1. The molecule has 0 atom stereocenters. The molecule has 0 fully saturated rings. The summed E-state index contributed by atoms with van der Waals surface area (Å²) in [6.45, 7) is 7.02. The number of hydrogen-bond acceptors (Lipinski definition) is 7. The van der Waals surface area contributed by atoms with Crippen LogP contribution in [0.25, 0.3) is 22.9 Å². The van der Waals surface area contributed by atoms with Crippen LogP contribution in [0.1, 0.15) is 37.6 Å². The Morgan fingerprint density at radius 1 is 0.860 bits per heavy atom. The molecule has 0 unspecified atom stereocenters. The fourth-order valence-corrected chi connectivity index (χ4v) is 6.30. The van der Waals surface area contributed by atoms with Gasteiger partial charge in [0.15, 0.2) is 17.3 Å². The number of benzene rings is 3. The van der Waals surface area contributed by atoms with E-state index in [1.807, 2.05) is 120 Å². The molecule has 10 nitrogen and oxygen atoms in total. The molecule has 7 rings (SSSR count). The van der Waals surface area contributed by atoms with E-state index >= 15 is 0 Å². The molecular weight excluding hydrogens is 645 g/mol. The van der Waals surface area contributed by atoms with Gasteiger partial charge < -0.3 is 10.1 Å². The predicted octanol–water partition coefficient (Wildman–Crippen LogP) is 8.33. The molecule has 4 aromatic heterocycles. The van der Waals surface area contributed by atoms with Gasteiger partial charge in [0.1, 0.15) is 18.2 Å². The average molecular weight is 681 g/mol. The van der Waals surface area contributed by atoms with Crippen molar-refractivity contribution in [2.24, 2.45) is 0 Å². The number of carbonyl (C=O) groups is 1. The standard InChI is InChI=1S/C39H36N8O2S/c1-39(2,3)33-23-36(47(45-33)34-19-11-12-22-40-34)42-38(48)41-24-28-15-7-10-18-32(28)50-29-20-21-35-43-44-37(46(35)25-29)30-16-8-9-17-31(30)49-26-27-13-5-4-6-14-27/h4-23,25H,24,26H2,1-3H3,(H2,41,42,48). The Morgan fingerprint density at radius 2 is 1.64 bits per heavy atom. The minimum absolute atomic E-state index is 0.209. The summed E-state index contributed by atoms with van der Waals surface area (Å²) >= 11 is 1.61. The van der Waals surface area contributed by atoms with Crippen molar-refractivity contribution in [3.63, 3.8) is 0 Å². The molecule has 0 radical (unpaired) electrons. The fourth-order valence-electron chi connectivity index (χ4n) is 5.33. The number of nitrogens with zero attached hydrogens (tertiary/aromatic N) is 6. The zero-order chi connectivity index (χ0) is 34.5. The van der Waals surface area contributed by atoms with Gasteiger partial charge in [-0.15, -0.1) is 10.2 Å². The van der Waals surface area contributed by atoms with Crippen LogP contribution in [0.15, 0.2) is 137 Å². The number of anilines is 1. The molecule has 4 heterocycles. The number of aromatic nitrogens is 6. The van der Waals surface area contributed by atoms with Crippen LogP contribution in [0.3, 0.4) is 0 Å². The second-order valence-electron chi connectivity index (χ2n) is 12.7. The quantitative estimate of drug-likeness (QED) is 0.149. The van der Waals surface area contributed by atoms with Gasteiger partial charge in [0.2, 0.25) is 0 Å². The van der Waals surface area contributed by atoms with Gasteiger partial charge in [0.25, 0.3) is 0 Å². The van der Waals surface area contributed by atoms with Crippen LogP contribution < -0.4 is 15.4 Å². The van der Waals surface area contributed by atoms with Gasteiger partial charge in [0.05, 0.1) is 11.3 Å². The first-order chi connectivity index (χ1) is 24.3. The lowest BCUT2D eigenvalue weighted by molar-refractivity contribution is 0.251. The third-order valence-corrected chi connectivity index (χ3v) is 9.06. The SMILES string of the molecule is CC(C)(C)c1cc(NC(=O)NCc2ccccc2Sc2ccc3nnc(-c4ccccc4OCc4ccccc4)n3c2)n(-c2ccccn2)n1. The van der Waals surface area contributed by atoms with Crippen LogP contribution in [-0.4, -0.2) is 35.4 Å². The third-order valence-electron chi connectivity index (χ3n) is 7.97.